The molecule has 0 spiro atoms. The molecule has 2 rings (SSSR count). The lowest BCUT2D eigenvalue weighted by molar-refractivity contribution is -0.384. The van der Waals surface area contributed by atoms with E-state index in [1.54, 1.807) is 6.92 Å². The van der Waals surface area contributed by atoms with Crippen LogP contribution in [0.2, 0.25) is 0 Å². The van der Waals surface area contributed by atoms with Crippen LogP contribution in [0.5, 0.6) is 0 Å². The standard InChI is InChI=1S/C13H17N5O3/c1-3-4-14-10-5-11(7-12(6-10)18(19)20)15-8-13-16-9(2)17-21-13/h5-7,14-15H,3-4,8H2,1-2H3. The number of nitro groups is 1. The fraction of sp³-hybridized carbons (Fsp3) is 0.385. The summed E-state index contributed by atoms with van der Waals surface area (Å²) in [5, 5.41) is 20.8. The molecule has 0 aliphatic carbocycles. The van der Waals surface area contributed by atoms with Crippen LogP contribution in [-0.4, -0.2) is 21.6 Å². The molecule has 0 saturated heterocycles. The van der Waals surface area contributed by atoms with Crippen molar-refractivity contribution in [3.8, 4) is 0 Å². The van der Waals surface area contributed by atoms with Crippen LogP contribution in [0.15, 0.2) is 22.7 Å². The van der Waals surface area contributed by atoms with Crippen LogP contribution < -0.4 is 10.6 Å². The van der Waals surface area contributed by atoms with Gasteiger partial charge in [0.05, 0.1) is 11.5 Å². The predicted octanol–water partition coefficient (Wildman–Crippen LogP) is 2.72. The number of benzene rings is 1. The van der Waals surface area contributed by atoms with E-state index < -0.39 is 4.92 Å². The Kier molecular flexibility index (Phi) is 4.70. The van der Waals surface area contributed by atoms with Crippen LogP contribution in [0.4, 0.5) is 17.1 Å². The zero-order valence-electron chi connectivity index (χ0n) is 11.9. The van der Waals surface area contributed by atoms with Gasteiger partial charge in [-0.15, -0.1) is 0 Å². The quantitative estimate of drug-likeness (QED) is 0.596. The molecule has 0 radical (unpaired) electrons. The number of nitrogens with zero attached hydrogens (tertiary/aromatic N) is 3. The Labute approximate surface area is 121 Å². The second-order valence-electron chi connectivity index (χ2n) is 4.54. The average molecular weight is 291 g/mol. The van der Waals surface area contributed by atoms with E-state index in [1.165, 1.54) is 12.1 Å². The van der Waals surface area contributed by atoms with E-state index in [4.69, 9.17) is 4.52 Å². The maximum absolute atomic E-state index is 11.0. The van der Waals surface area contributed by atoms with Crippen molar-refractivity contribution < 1.29 is 9.45 Å². The maximum atomic E-state index is 11.0. The molecule has 0 atom stereocenters. The first-order chi connectivity index (χ1) is 10.1. The lowest BCUT2D eigenvalue weighted by atomic mass is 10.2. The second-order valence-corrected chi connectivity index (χ2v) is 4.54. The molecule has 1 heterocycles. The Bertz CT molecular complexity index is 626. The molecule has 112 valence electrons. The number of aryl methyl sites for hydroxylation is 1. The lowest BCUT2D eigenvalue weighted by Crippen LogP contribution is -2.04. The number of nitrogens with one attached hydrogen (secondary N) is 2. The first-order valence-electron chi connectivity index (χ1n) is 6.65. The minimum atomic E-state index is -0.418. The van der Waals surface area contributed by atoms with Gasteiger partial charge >= 0.3 is 0 Å². The molecule has 0 aliphatic rings. The van der Waals surface area contributed by atoms with E-state index in [9.17, 15) is 10.1 Å². The zero-order valence-corrected chi connectivity index (χ0v) is 11.9. The number of non-ortho nitro benzene ring substituents is 1. The Hall–Kier alpha value is -2.64. The molecular weight excluding hydrogens is 274 g/mol. The molecule has 0 amide bonds. The highest BCUT2D eigenvalue weighted by Crippen LogP contribution is 2.24. The van der Waals surface area contributed by atoms with Gasteiger partial charge in [0.15, 0.2) is 5.82 Å². The van der Waals surface area contributed by atoms with Crippen molar-refractivity contribution in [2.45, 2.75) is 26.8 Å². The number of hydrogen-bond donors (Lipinski definition) is 2. The summed E-state index contributed by atoms with van der Waals surface area (Å²) < 4.78 is 4.99. The normalized spacial score (nSPS) is 10.4. The monoisotopic (exact) mass is 291 g/mol. The molecule has 0 fully saturated rings. The van der Waals surface area contributed by atoms with Gasteiger partial charge in [-0.25, -0.2) is 0 Å². The third-order valence-corrected chi connectivity index (χ3v) is 2.72. The van der Waals surface area contributed by atoms with E-state index in [2.05, 4.69) is 20.8 Å². The average Bonchev–Trinajstić information content (AvgIpc) is 2.88. The van der Waals surface area contributed by atoms with Gasteiger partial charge in [0.2, 0.25) is 5.89 Å². The van der Waals surface area contributed by atoms with Crippen LogP contribution in [0.1, 0.15) is 25.1 Å². The number of nitro benzene ring substituents is 1. The Morgan fingerprint density at radius 3 is 2.57 bits per heavy atom. The number of anilines is 2. The first-order valence-corrected chi connectivity index (χ1v) is 6.65. The molecular formula is C13H17N5O3. The van der Waals surface area contributed by atoms with Crippen molar-refractivity contribution in [1.82, 2.24) is 10.1 Å². The van der Waals surface area contributed by atoms with Crippen LogP contribution >= 0.6 is 0 Å². The molecule has 2 aromatic rings. The fourth-order valence-corrected chi connectivity index (χ4v) is 1.78. The van der Waals surface area contributed by atoms with Gasteiger partial charge in [0.1, 0.15) is 0 Å². The first kappa shape index (κ1) is 14.8. The van der Waals surface area contributed by atoms with Gasteiger partial charge in [-0.3, -0.25) is 10.1 Å². The van der Waals surface area contributed by atoms with Gasteiger partial charge in [-0.05, 0) is 19.4 Å². The molecule has 2 N–H and O–H groups in total. The summed E-state index contributed by atoms with van der Waals surface area (Å²) >= 11 is 0. The van der Waals surface area contributed by atoms with E-state index in [1.807, 2.05) is 13.0 Å². The fourth-order valence-electron chi connectivity index (χ4n) is 1.78. The van der Waals surface area contributed by atoms with Gasteiger partial charge in [-0.1, -0.05) is 12.1 Å². The van der Waals surface area contributed by atoms with E-state index in [-0.39, 0.29) is 5.69 Å². The second kappa shape index (κ2) is 6.69. The summed E-state index contributed by atoms with van der Waals surface area (Å²) in [7, 11) is 0. The Morgan fingerprint density at radius 2 is 2.00 bits per heavy atom. The molecule has 21 heavy (non-hydrogen) atoms. The van der Waals surface area contributed by atoms with Crippen LogP contribution in [0.25, 0.3) is 0 Å². The van der Waals surface area contributed by atoms with Gasteiger partial charge in [0.25, 0.3) is 5.69 Å². The summed E-state index contributed by atoms with van der Waals surface area (Å²) in [5.41, 5.74) is 1.36. The van der Waals surface area contributed by atoms with Gasteiger partial charge < -0.3 is 15.2 Å². The molecule has 1 aromatic carbocycles. The maximum Gasteiger partial charge on any atom is 0.273 e. The molecule has 0 unspecified atom stereocenters. The van der Waals surface area contributed by atoms with Gasteiger partial charge in [0, 0.05) is 30.1 Å². The molecule has 0 saturated carbocycles. The molecule has 0 bridgehead atoms. The summed E-state index contributed by atoms with van der Waals surface area (Å²) in [6.07, 6.45) is 0.937. The largest absolute Gasteiger partial charge is 0.385 e. The molecule has 8 nitrogen and oxygen atoms in total. The van der Waals surface area contributed by atoms with E-state index >= 15 is 0 Å². The highest BCUT2D eigenvalue weighted by Gasteiger charge is 2.10. The summed E-state index contributed by atoms with van der Waals surface area (Å²) in [4.78, 5) is 14.6. The molecule has 8 heteroatoms. The van der Waals surface area contributed by atoms with Crippen LogP contribution in [0, 0.1) is 17.0 Å². The number of aromatic nitrogens is 2. The topological polar surface area (TPSA) is 106 Å². The number of rotatable bonds is 7. The van der Waals surface area contributed by atoms with Gasteiger partial charge in [-0.2, -0.15) is 4.98 Å². The van der Waals surface area contributed by atoms with E-state index in [0.717, 1.165) is 13.0 Å². The Balaban J connectivity index is 2.12. The third-order valence-electron chi connectivity index (χ3n) is 2.72. The highest BCUT2D eigenvalue weighted by atomic mass is 16.6. The highest BCUT2D eigenvalue weighted by molar-refractivity contribution is 5.63. The summed E-state index contributed by atoms with van der Waals surface area (Å²) in [5.74, 6) is 0.984. The summed E-state index contributed by atoms with van der Waals surface area (Å²) in [6, 6.07) is 4.80. The van der Waals surface area contributed by atoms with Crippen molar-refractivity contribution in [2.24, 2.45) is 0 Å². The minimum absolute atomic E-state index is 0.0281. The Morgan fingerprint density at radius 1 is 1.29 bits per heavy atom. The summed E-state index contributed by atoms with van der Waals surface area (Å²) in [6.45, 7) is 4.83. The molecule has 1 aromatic heterocycles. The third kappa shape index (κ3) is 4.16. The van der Waals surface area contributed by atoms with Crippen molar-refractivity contribution in [2.75, 3.05) is 17.2 Å². The van der Waals surface area contributed by atoms with E-state index in [0.29, 0.717) is 29.6 Å². The minimum Gasteiger partial charge on any atom is -0.385 e. The van der Waals surface area contributed by atoms with Crippen molar-refractivity contribution in [3.05, 3.63) is 40.0 Å². The molecule has 0 aliphatic heterocycles. The van der Waals surface area contributed by atoms with Crippen molar-refractivity contribution in [1.29, 1.82) is 0 Å². The SMILES string of the molecule is CCCNc1cc(NCc2nc(C)no2)cc([N+](=O)[O-])c1. The van der Waals surface area contributed by atoms with Crippen molar-refractivity contribution in [3.63, 3.8) is 0 Å². The predicted molar refractivity (Wildman–Crippen MR) is 78.2 cm³/mol. The van der Waals surface area contributed by atoms with Crippen LogP contribution in [-0.2, 0) is 6.54 Å². The van der Waals surface area contributed by atoms with Crippen molar-refractivity contribution >= 4 is 17.1 Å². The number of hydrogen-bond acceptors (Lipinski definition) is 7. The van der Waals surface area contributed by atoms with Crippen LogP contribution in [0.3, 0.4) is 0 Å². The lowest BCUT2D eigenvalue weighted by Gasteiger charge is -2.08. The smallest absolute Gasteiger partial charge is 0.273 e. The zero-order chi connectivity index (χ0) is 15.2.